The fourth-order valence-corrected chi connectivity index (χ4v) is 2.95. The first kappa shape index (κ1) is 20.5. The summed E-state index contributed by atoms with van der Waals surface area (Å²) in [5.74, 6) is 3.02. The van der Waals surface area contributed by atoms with Gasteiger partial charge in [-0.1, -0.05) is 31.1 Å². The van der Waals surface area contributed by atoms with Crippen molar-refractivity contribution in [2.24, 2.45) is 4.99 Å². The molecule has 0 spiro atoms. The Morgan fingerprint density at radius 1 is 1.24 bits per heavy atom. The molecule has 2 heterocycles. The number of aryl methyl sites for hydroxylation is 2. The number of hydrogen-bond acceptors (Lipinski definition) is 6. The summed E-state index contributed by atoms with van der Waals surface area (Å²) in [5.41, 5.74) is 2.02. The van der Waals surface area contributed by atoms with Crippen LogP contribution < -0.4 is 10.6 Å². The zero-order chi connectivity index (χ0) is 20.5. The lowest BCUT2D eigenvalue weighted by Crippen LogP contribution is -2.38. The molecule has 3 aromatic rings. The summed E-state index contributed by atoms with van der Waals surface area (Å²) in [6, 6.07) is 8.07. The molecule has 0 saturated carbocycles. The first-order chi connectivity index (χ1) is 14.2. The van der Waals surface area contributed by atoms with E-state index in [-0.39, 0.29) is 0 Å². The Bertz CT molecular complexity index is 930. The summed E-state index contributed by atoms with van der Waals surface area (Å²) in [5, 5.41) is 18.7. The molecular weight excluding hydrogens is 368 g/mol. The van der Waals surface area contributed by atoms with Crippen LogP contribution in [-0.2, 0) is 25.9 Å². The van der Waals surface area contributed by atoms with E-state index in [1.54, 1.807) is 13.4 Å². The van der Waals surface area contributed by atoms with Crippen LogP contribution in [-0.4, -0.2) is 44.5 Å². The zero-order valence-corrected chi connectivity index (χ0v) is 17.2. The summed E-state index contributed by atoms with van der Waals surface area (Å²) in [7, 11) is 1.76. The lowest BCUT2D eigenvalue weighted by molar-refractivity contribution is 0.422. The van der Waals surface area contributed by atoms with E-state index >= 15 is 0 Å². The van der Waals surface area contributed by atoms with Crippen LogP contribution in [0.4, 0.5) is 0 Å². The second kappa shape index (κ2) is 10.4. The molecule has 3 rings (SSSR count). The molecule has 1 aromatic carbocycles. The number of rotatable bonds is 9. The second-order valence-corrected chi connectivity index (χ2v) is 6.61. The zero-order valence-electron chi connectivity index (χ0n) is 17.2. The van der Waals surface area contributed by atoms with Crippen LogP contribution in [0.3, 0.4) is 0 Å². The summed E-state index contributed by atoms with van der Waals surface area (Å²) in [6.07, 6.45) is 4.43. The van der Waals surface area contributed by atoms with E-state index in [4.69, 9.17) is 4.52 Å². The van der Waals surface area contributed by atoms with Crippen LogP contribution in [0.2, 0.25) is 0 Å². The molecule has 29 heavy (non-hydrogen) atoms. The molecular formula is C20H28N8O. The highest BCUT2D eigenvalue weighted by molar-refractivity contribution is 5.79. The van der Waals surface area contributed by atoms with Crippen LogP contribution in [0.15, 0.2) is 40.1 Å². The van der Waals surface area contributed by atoms with Gasteiger partial charge in [0.2, 0.25) is 0 Å². The molecule has 0 aliphatic rings. The van der Waals surface area contributed by atoms with Gasteiger partial charge in [0.1, 0.15) is 12.2 Å². The maximum atomic E-state index is 5.38. The average molecular weight is 396 g/mol. The number of aromatic nitrogens is 5. The Morgan fingerprint density at radius 3 is 2.93 bits per heavy atom. The summed E-state index contributed by atoms with van der Waals surface area (Å²) in [4.78, 5) is 8.74. The number of hydrogen-bond donors (Lipinski definition) is 2. The normalized spacial score (nSPS) is 11.6. The van der Waals surface area contributed by atoms with Gasteiger partial charge in [-0.25, -0.2) is 0 Å². The molecule has 154 valence electrons. The predicted molar refractivity (Wildman–Crippen MR) is 111 cm³/mol. The van der Waals surface area contributed by atoms with E-state index < -0.39 is 0 Å². The van der Waals surface area contributed by atoms with Crippen molar-refractivity contribution in [3.63, 3.8) is 0 Å². The molecule has 0 radical (unpaired) electrons. The highest BCUT2D eigenvalue weighted by Gasteiger charge is 2.09. The van der Waals surface area contributed by atoms with Gasteiger partial charge in [-0.15, -0.1) is 10.2 Å². The second-order valence-electron chi connectivity index (χ2n) is 6.61. The van der Waals surface area contributed by atoms with Crippen molar-refractivity contribution in [1.82, 2.24) is 35.5 Å². The standard InChI is InChI=1S/C20H28N8O/c1-4-7-17-25-19(29-27-17)16-9-6-8-15(12-16)13-23-20(21-3)22-10-11-28-14-24-26-18(28)5-2/h6,8-9,12,14H,4-5,7,10-11,13H2,1-3H3,(H2,21,22,23). The van der Waals surface area contributed by atoms with Gasteiger partial charge < -0.3 is 19.7 Å². The molecule has 0 fully saturated rings. The third-order valence-corrected chi connectivity index (χ3v) is 4.46. The van der Waals surface area contributed by atoms with Gasteiger partial charge >= 0.3 is 0 Å². The van der Waals surface area contributed by atoms with E-state index in [1.165, 1.54) is 0 Å². The Kier molecular flexibility index (Phi) is 7.32. The molecule has 2 N–H and O–H groups in total. The maximum absolute atomic E-state index is 5.38. The number of guanidine groups is 1. The van der Waals surface area contributed by atoms with Crippen LogP contribution in [0.5, 0.6) is 0 Å². The minimum Gasteiger partial charge on any atom is -0.355 e. The third kappa shape index (κ3) is 5.63. The first-order valence-electron chi connectivity index (χ1n) is 9.96. The molecule has 0 amide bonds. The third-order valence-electron chi connectivity index (χ3n) is 4.46. The van der Waals surface area contributed by atoms with Gasteiger partial charge in [-0.3, -0.25) is 4.99 Å². The largest absolute Gasteiger partial charge is 0.355 e. The monoisotopic (exact) mass is 396 g/mol. The van der Waals surface area contributed by atoms with E-state index in [0.29, 0.717) is 12.4 Å². The smallest absolute Gasteiger partial charge is 0.257 e. The Balaban J connectivity index is 1.52. The quantitative estimate of drug-likeness (QED) is 0.422. The van der Waals surface area contributed by atoms with Gasteiger partial charge in [0.25, 0.3) is 5.89 Å². The molecule has 0 unspecified atom stereocenters. The van der Waals surface area contributed by atoms with Gasteiger partial charge in [-0.05, 0) is 24.1 Å². The highest BCUT2D eigenvalue weighted by atomic mass is 16.5. The van der Waals surface area contributed by atoms with Crippen LogP contribution in [0.1, 0.15) is 37.5 Å². The van der Waals surface area contributed by atoms with E-state index in [2.05, 4.69) is 55.9 Å². The van der Waals surface area contributed by atoms with Crippen molar-refractivity contribution >= 4 is 5.96 Å². The van der Waals surface area contributed by atoms with Crippen molar-refractivity contribution in [3.05, 3.63) is 47.8 Å². The van der Waals surface area contributed by atoms with Gasteiger partial charge in [0.15, 0.2) is 11.8 Å². The molecule has 9 heteroatoms. The fourth-order valence-electron chi connectivity index (χ4n) is 2.95. The first-order valence-corrected chi connectivity index (χ1v) is 9.96. The van der Waals surface area contributed by atoms with Crippen molar-refractivity contribution in [3.8, 4) is 11.5 Å². The van der Waals surface area contributed by atoms with Crippen LogP contribution in [0.25, 0.3) is 11.5 Å². The van der Waals surface area contributed by atoms with Crippen molar-refractivity contribution < 1.29 is 4.52 Å². The van der Waals surface area contributed by atoms with Gasteiger partial charge in [0.05, 0.1) is 0 Å². The fraction of sp³-hybridized carbons (Fsp3) is 0.450. The number of aliphatic imine (C=N–C) groups is 1. The molecule has 0 aliphatic heterocycles. The molecule has 0 aliphatic carbocycles. The average Bonchev–Trinajstić information content (AvgIpc) is 3.40. The Morgan fingerprint density at radius 2 is 2.14 bits per heavy atom. The molecule has 9 nitrogen and oxygen atoms in total. The molecule has 0 atom stereocenters. The van der Waals surface area contributed by atoms with Crippen LogP contribution >= 0.6 is 0 Å². The van der Waals surface area contributed by atoms with Gasteiger partial charge in [0, 0.05) is 45.1 Å². The van der Waals surface area contributed by atoms with Crippen molar-refractivity contribution in [1.29, 1.82) is 0 Å². The van der Waals surface area contributed by atoms with Crippen LogP contribution in [0, 0.1) is 0 Å². The van der Waals surface area contributed by atoms with Gasteiger partial charge in [-0.2, -0.15) is 4.98 Å². The molecule has 0 saturated heterocycles. The summed E-state index contributed by atoms with van der Waals surface area (Å²) >= 11 is 0. The number of nitrogens with one attached hydrogen (secondary N) is 2. The number of nitrogens with zero attached hydrogens (tertiary/aromatic N) is 6. The highest BCUT2D eigenvalue weighted by Crippen LogP contribution is 2.19. The topological polar surface area (TPSA) is 106 Å². The lowest BCUT2D eigenvalue weighted by atomic mass is 10.1. The number of benzene rings is 1. The summed E-state index contributed by atoms with van der Waals surface area (Å²) in [6.45, 7) is 6.31. The van der Waals surface area contributed by atoms with E-state index in [1.807, 2.05) is 22.8 Å². The summed E-state index contributed by atoms with van der Waals surface area (Å²) < 4.78 is 7.42. The van der Waals surface area contributed by atoms with Crippen molar-refractivity contribution in [2.75, 3.05) is 13.6 Å². The van der Waals surface area contributed by atoms with Crippen molar-refractivity contribution in [2.45, 2.75) is 46.2 Å². The predicted octanol–water partition coefficient (Wildman–Crippen LogP) is 2.21. The maximum Gasteiger partial charge on any atom is 0.257 e. The minimum absolute atomic E-state index is 0.554. The van der Waals surface area contributed by atoms with E-state index in [9.17, 15) is 0 Å². The minimum atomic E-state index is 0.554. The van der Waals surface area contributed by atoms with E-state index in [0.717, 1.165) is 61.1 Å². The SMILES string of the molecule is CCCc1noc(-c2cccc(CNC(=NC)NCCn3cnnc3CC)c2)n1. The Labute approximate surface area is 170 Å². The Hall–Kier alpha value is -3.23. The molecule has 2 aromatic heterocycles. The molecule has 0 bridgehead atoms. The lowest BCUT2D eigenvalue weighted by Gasteiger charge is -2.13.